The van der Waals surface area contributed by atoms with Gasteiger partial charge in [0.15, 0.2) is 17.5 Å². The third kappa shape index (κ3) is 4.43. The lowest BCUT2D eigenvalue weighted by molar-refractivity contribution is 1.07. The maximum absolute atomic E-state index is 9.52. The lowest BCUT2D eigenvalue weighted by atomic mass is 10.0. The summed E-state index contributed by atoms with van der Waals surface area (Å²) in [7, 11) is 0. The maximum Gasteiger partial charge on any atom is 0.164 e. The number of hydrogen-bond acceptors (Lipinski definition) is 4. The molecule has 0 aliphatic heterocycles. The van der Waals surface area contributed by atoms with Crippen LogP contribution in [0.15, 0.2) is 170 Å². The van der Waals surface area contributed by atoms with Crippen LogP contribution in [0.3, 0.4) is 0 Å². The maximum atomic E-state index is 9.52. The Morgan fingerprint density at radius 2 is 1.12 bits per heavy atom. The molecule has 0 radical (unpaired) electrons. The van der Waals surface area contributed by atoms with E-state index in [1.807, 2.05) is 109 Å². The molecule has 242 valence electrons. The van der Waals surface area contributed by atoms with Crippen LogP contribution in [-0.2, 0) is 0 Å². The number of benzene rings is 8. The van der Waals surface area contributed by atoms with Gasteiger partial charge in [0.25, 0.3) is 0 Å². The van der Waals surface area contributed by atoms with Crippen molar-refractivity contribution in [3.63, 3.8) is 0 Å². The standard InChI is InChI=1S/C47H28N4S/c1-3-14-30(15-4-1)45-48-46(31-16-5-2-6-17-31)50-47(49-45)33-24-23-32-28-40(43-36-20-10-12-22-41(36)52-44(43)37(32)27-33)51-38-21-11-9-19-35(38)42-34-18-8-7-13-29(34)25-26-39(42)51/h1-28H/i7D,8D,9D,11D,13D,18D,19D,21D,25D,26D. The van der Waals surface area contributed by atoms with Crippen molar-refractivity contribution >= 4 is 74.9 Å². The summed E-state index contributed by atoms with van der Waals surface area (Å²) in [4.78, 5) is 14.8. The van der Waals surface area contributed by atoms with Crippen molar-refractivity contribution in [3.8, 4) is 39.9 Å². The Labute approximate surface area is 317 Å². The molecule has 0 aliphatic carbocycles. The number of nitrogens with zero attached hydrogens (tertiary/aromatic N) is 4. The van der Waals surface area contributed by atoms with Crippen molar-refractivity contribution in [3.05, 3.63) is 170 Å². The second kappa shape index (κ2) is 11.4. The van der Waals surface area contributed by atoms with Gasteiger partial charge in [-0.25, -0.2) is 15.0 Å². The van der Waals surface area contributed by atoms with Crippen molar-refractivity contribution in [1.82, 2.24) is 19.5 Å². The van der Waals surface area contributed by atoms with E-state index < -0.39 is 54.4 Å². The van der Waals surface area contributed by atoms with E-state index in [2.05, 4.69) is 0 Å². The Morgan fingerprint density at radius 3 is 1.88 bits per heavy atom. The first-order chi connectivity index (χ1) is 29.9. The Kier molecular flexibility index (Phi) is 4.58. The molecule has 0 bridgehead atoms. The number of hydrogen-bond donors (Lipinski definition) is 0. The van der Waals surface area contributed by atoms with E-state index >= 15 is 0 Å². The third-order valence-corrected chi connectivity index (χ3v) is 10.7. The van der Waals surface area contributed by atoms with Crippen LogP contribution in [0.2, 0.25) is 0 Å². The molecule has 52 heavy (non-hydrogen) atoms. The quantitative estimate of drug-likeness (QED) is 0.185. The van der Waals surface area contributed by atoms with E-state index in [4.69, 9.17) is 23.2 Å². The van der Waals surface area contributed by atoms with Gasteiger partial charge in [-0.3, -0.25) is 0 Å². The molecule has 0 aliphatic rings. The number of para-hydroxylation sites is 1. The average Bonchev–Trinajstić information content (AvgIpc) is 3.88. The first-order valence-electron chi connectivity index (χ1n) is 21.6. The number of thiophene rings is 1. The van der Waals surface area contributed by atoms with Crippen molar-refractivity contribution in [2.45, 2.75) is 0 Å². The monoisotopic (exact) mass is 690 g/mol. The van der Waals surface area contributed by atoms with Crippen LogP contribution in [-0.4, -0.2) is 19.5 Å². The van der Waals surface area contributed by atoms with Gasteiger partial charge in [-0.1, -0.05) is 139 Å². The molecule has 3 aromatic heterocycles. The summed E-state index contributed by atoms with van der Waals surface area (Å²) in [5, 5.41) is 2.98. The molecular weight excluding hydrogens is 653 g/mol. The zero-order chi connectivity index (χ0) is 42.9. The molecule has 11 rings (SSSR count). The minimum absolute atomic E-state index is 0.00376. The van der Waals surface area contributed by atoms with Crippen LogP contribution in [0, 0.1) is 0 Å². The highest BCUT2D eigenvalue weighted by molar-refractivity contribution is 7.26. The molecule has 0 amide bonds. The van der Waals surface area contributed by atoms with Gasteiger partial charge in [-0.2, -0.15) is 0 Å². The molecule has 8 aromatic carbocycles. The van der Waals surface area contributed by atoms with Crippen LogP contribution in [0.1, 0.15) is 13.7 Å². The van der Waals surface area contributed by atoms with Gasteiger partial charge in [-0.15, -0.1) is 11.3 Å². The van der Waals surface area contributed by atoms with Gasteiger partial charge in [0.05, 0.1) is 30.4 Å². The van der Waals surface area contributed by atoms with Crippen molar-refractivity contribution in [2.75, 3.05) is 0 Å². The predicted octanol–water partition coefficient (Wildman–Crippen LogP) is 12.6. The lowest BCUT2D eigenvalue weighted by Crippen LogP contribution is -2.00. The first-order valence-corrected chi connectivity index (χ1v) is 17.5. The van der Waals surface area contributed by atoms with Crippen molar-refractivity contribution < 1.29 is 13.7 Å². The van der Waals surface area contributed by atoms with E-state index in [0.29, 0.717) is 23.2 Å². The fourth-order valence-electron chi connectivity index (χ4n) is 7.16. The van der Waals surface area contributed by atoms with E-state index in [9.17, 15) is 5.48 Å². The van der Waals surface area contributed by atoms with Crippen LogP contribution in [0.25, 0.3) is 103 Å². The highest BCUT2D eigenvalue weighted by Gasteiger charge is 2.21. The fraction of sp³-hybridized carbons (Fsp3) is 0. The van der Waals surface area contributed by atoms with E-state index in [1.54, 1.807) is 15.9 Å². The van der Waals surface area contributed by atoms with E-state index in [-0.39, 0.29) is 38.6 Å². The van der Waals surface area contributed by atoms with Crippen molar-refractivity contribution in [1.29, 1.82) is 0 Å². The molecule has 0 saturated heterocycles. The van der Waals surface area contributed by atoms with Crippen LogP contribution in [0.4, 0.5) is 0 Å². The Morgan fingerprint density at radius 1 is 0.462 bits per heavy atom. The molecule has 0 saturated carbocycles. The van der Waals surface area contributed by atoms with E-state index in [1.165, 1.54) is 0 Å². The molecule has 0 atom stereocenters. The highest BCUT2D eigenvalue weighted by atomic mass is 32.1. The molecule has 4 nitrogen and oxygen atoms in total. The third-order valence-electron chi connectivity index (χ3n) is 9.49. The molecule has 0 fully saturated rings. The second-order valence-corrected chi connectivity index (χ2v) is 13.5. The zero-order valence-corrected chi connectivity index (χ0v) is 27.9. The van der Waals surface area contributed by atoms with Gasteiger partial charge in [-0.05, 0) is 46.4 Å². The first kappa shape index (κ1) is 20.9. The van der Waals surface area contributed by atoms with Gasteiger partial charge >= 0.3 is 0 Å². The van der Waals surface area contributed by atoms with E-state index in [0.717, 1.165) is 47.6 Å². The summed E-state index contributed by atoms with van der Waals surface area (Å²) in [5.74, 6) is 1.50. The van der Waals surface area contributed by atoms with Gasteiger partial charge in [0, 0.05) is 53.0 Å². The van der Waals surface area contributed by atoms with Crippen molar-refractivity contribution in [2.24, 2.45) is 0 Å². The van der Waals surface area contributed by atoms with Crippen LogP contribution < -0.4 is 0 Å². The molecular formula is C47H28N4S. The highest BCUT2D eigenvalue weighted by Crippen LogP contribution is 2.46. The Hall–Kier alpha value is -6.69. The normalized spacial score (nSPS) is 14.5. The fourth-order valence-corrected chi connectivity index (χ4v) is 8.41. The Bertz CT molecular complexity index is 3700. The molecule has 0 unspecified atom stereocenters. The summed E-state index contributed by atoms with van der Waals surface area (Å²) in [5.41, 5.74) is 2.95. The van der Waals surface area contributed by atoms with Gasteiger partial charge in [0.1, 0.15) is 0 Å². The molecule has 3 heterocycles. The largest absolute Gasteiger partial charge is 0.309 e. The summed E-state index contributed by atoms with van der Waals surface area (Å²) in [6.07, 6.45) is 0. The Balaban J connectivity index is 1.28. The van der Waals surface area contributed by atoms with Gasteiger partial charge in [0.2, 0.25) is 0 Å². The van der Waals surface area contributed by atoms with Gasteiger partial charge < -0.3 is 4.57 Å². The number of fused-ring (bicyclic) bond motifs is 10. The van der Waals surface area contributed by atoms with Crippen LogP contribution in [0.5, 0.6) is 0 Å². The molecule has 5 heteroatoms. The predicted molar refractivity (Wildman–Crippen MR) is 218 cm³/mol. The molecule has 11 aromatic rings. The number of aromatic nitrogens is 4. The minimum atomic E-state index is -0.564. The topological polar surface area (TPSA) is 43.6 Å². The lowest BCUT2D eigenvalue weighted by Gasteiger charge is -2.14. The second-order valence-electron chi connectivity index (χ2n) is 12.5. The smallest absolute Gasteiger partial charge is 0.164 e. The van der Waals surface area contributed by atoms with Crippen LogP contribution >= 0.6 is 11.3 Å². The number of rotatable bonds is 4. The molecule has 0 N–H and O–H groups in total. The summed E-state index contributed by atoms with van der Waals surface area (Å²) in [6.45, 7) is 0. The molecule has 0 spiro atoms. The minimum Gasteiger partial charge on any atom is -0.309 e. The SMILES string of the molecule is [2H]c1c([2H])c([2H])c2c(c1[2H])c([2H])c([2H])c1c2c2c([2H])c([2H])c([2H])c([2H])c2n1-c1cc2ccc(-c3nc(-c4ccccc4)nc(-c4ccccc4)n3)cc2c2sc3ccccc3c12. The summed E-state index contributed by atoms with van der Waals surface area (Å²) < 4.78 is 93.1. The average molecular weight is 691 g/mol. The zero-order valence-electron chi connectivity index (χ0n) is 37.1. The summed E-state index contributed by atoms with van der Waals surface area (Å²) >= 11 is 1.55. The summed E-state index contributed by atoms with van der Waals surface area (Å²) in [6, 6.07) is 30.3.